The van der Waals surface area contributed by atoms with E-state index in [0.29, 0.717) is 24.3 Å². The lowest BCUT2D eigenvalue weighted by atomic mass is 9.89. The van der Waals surface area contributed by atoms with E-state index in [1.54, 1.807) is 14.2 Å². The number of benzene rings is 2. The van der Waals surface area contributed by atoms with E-state index in [0.717, 1.165) is 16.3 Å². The molecule has 0 radical (unpaired) electrons. The van der Waals surface area contributed by atoms with Crippen LogP contribution in [0.5, 0.6) is 11.5 Å². The summed E-state index contributed by atoms with van der Waals surface area (Å²) in [7, 11) is 3.17. The normalized spacial score (nSPS) is 15.9. The first-order valence-electron chi connectivity index (χ1n) is 6.51. The molecule has 0 unspecified atom stereocenters. The monoisotopic (exact) mass is 272 g/mol. The van der Waals surface area contributed by atoms with Crippen LogP contribution in [0.15, 0.2) is 30.3 Å². The molecule has 0 spiro atoms. The summed E-state index contributed by atoms with van der Waals surface area (Å²) in [6.45, 7) is 0. The third-order valence-electron chi connectivity index (χ3n) is 4.05. The second-order valence-electron chi connectivity index (χ2n) is 5.12. The highest BCUT2D eigenvalue weighted by Crippen LogP contribution is 2.54. The van der Waals surface area contributed by atoms with Crippen LogP contribution in [0.4, 0.5) is 0 Å². The molecule has 0 aliphatic heterocycles. The first kappa shape index (κ1) is 12.8. The van der Waals surface area contributed by atoms with Crippen LogP contribution in [0.3, 0.4) is 0 Å². The van der Waals surface area contributed by atoms with Gasteiger partial charge in [0, 0.05) is 5.56 Å². The number of hydrogen-bond donors (Lipinski definition) is 1. The molecule has 0 atom stereocenters. The van der Waals surface area contributed by atoms with E-state index in [9.17, 15) is 9.90 Å². The fourth-order valence-electron chi connectivity index (χ4n) is 2.77. The zero-order chi connectivity index (χ0) is 14.3. The Morgan fingerprint density at radius 2 is 1.85 bits per heavy atom. The molecule has 2 aromatic rings. The number of ether oxygens (including phenoxy) is 2. The molecule has 1 N–H and O–H groups in total. The van der Waals surface area contributed by atoms with Gasteiger partial charge in [-0.25, -0.2) is 0 Å². The van der Waals surface area contributed by atoms with Crippen LogP contribution in [0.25, 0.3) is 10.8 Å². The number of methoxy groups -OCH3 is 2. The molecule has 1 saturated carbocycles. The minimum Gasteiger partial charge on any atom is -0.497 e. The molecule has 3 rings (SSSR count). The summed E-state index contributed by atoms with van der Waals surface area (Å²) in [5.74, 6) is 0.560. The molecule has 2 aromatic carbocycles. The Labute approximate surface area is 116 Å². The number of carboxylic acids is 1. The van der Waals surface area contributed by atoms with Crippen molar-refractivity contribution in [2.75, 3.05) is 14.2 Å². The van der Waals surface area contributed by atoms with Gasteiger partial charge in [-0.2, -0.15) is 0 Å². The molecule has 1 aliphatic rings. The van der Waals surface area contributed by atoms with E-state index in [-0.39, 0.29) is 0 Å². The summed E-state index contributed by atoms with van der Waals surface area (Å²) < 4.78 is 10.7. The lowest BCUT2D eigenvalue weighted by molar-refractivity contribution is -0.140. The Morgan fingerprint density at radius 1 is 1.15 bits per heavy atom. The summed E-state index contributed by atoms with van der Waals surface area (Å²) >= 11 is 0. The minimum atomic E-state index is -0.808. The van der Waals surface area contributed by atoms with Crippen molar-refractivity contribution < 1.29 is 19.4 Å². The molecule has 0 bridgehead atoms. The highest BCUT2D eigenvalue weighted by atomic mass is 16.5. The Kier molecular flexibility index (Phi) is 2.82. The summed E-state index contributed by atoms with van der Waals surface area (Å²) in [6.07, 6.45) is 1.30. The Bertz CT molecular complexity index is 681. The summed E-state index contributed by atoms with van der Waals surface area (Å²) in [4.78, 5) is 11.7. The van der Waals surface area contributed by atoms with Gasteiger partial charge >= 0.3 is 5.97 Å². The van der Waals surface area contributed by atoms with Gasteiger partial charge in [-0.05, 0) is 41.8 Å². The van der Waals surface area contributed by atoms with Crippen molar-refractivity contribution in [1.29, 1.82) is 0 Å². The SMILES string of the molecule is COc1ccc2ccc(OC)c(C3(C(=O)O)CC3)c2c1. The lowest BCUT2D eigenvalue weighted by Gasteiger charge is -2.18. The zero-order valence-electron chi connectivity index (χ0n) is 11.5. The molecule has 1 fully saturated rings. The Hall–Kier alpha value is -2.23. The summed E-state index contributed by atoms with van der Waals surface area (Å²) in [5, 5.41) is 11.5. The van der Waals surface area contributed by atoms with E-state index in [4.69, 9.17) is 9.47 Å². The number of aliphatic carboxylic acids is 1. The van der Waals surface area contributed by atoms with Crippen LogP contribution < -0.4 is 9.47 Å². The predicted octanol–water partition coefficient (Wildman–Crippen LogP) is 2.97. The van der Waals surface area contributed by atoms with Crippen molar-refractivity contribution in [2.45, 2.75) is 18.3 Å². The average molecular weight is 272 g/mol. The number of hydrogen-bond acceptors (Lipinski definition) is 3. The number of fused-ring (bicyclic) bond motifs is 1. The standard InChI is InChI=1S/C16H16O4/c1-19-11-5-3-10-4-6-13(20-2)14(12(10)9-11)16(7-8-16)15(17)18/h3-6,9H,7-8H2,1-2H3,(H,17,18). The van der Waals surface area contributed by atoms with Gasteiger partial charge in [-0.1, -0.05) is 12.1 Å². The van der Waals surface area contributed by atoms with Gasteiger partial charge in [0.25, 0.3) is 0 Å². The molecule has 0 amide bonds. The number of carbonyl (C=O) groups is 1. The largest absolute Gasteiger partial charge is 0.497 e. The summed E-state index contributed by atoms with van der Waals surface area (Å²) in [6, 6.07) is 9.48. The molecule has 20 heavy (non-hydrogen) atoms. The van der Waals surface area contributed by atoms with E-state index in [1.165, 1.54) is 0 Å². The maximum Gasteiger partial charge on any atom is 0.314 e. The van der Waals surface area contributed by atoms with Gasteiger partial charge < -0.3 is 14.6 Å². The fraction of sp³-hybridized carbons (Fsp3) is 0.312. The topological polar surface area (TPSA) is 55.8 Å². The van der Waals surface area contributed by atoms with Gasteiger partial charge in [0.15, 0.2) is 0 Å². The molecule has 104 valence electrons. The van der Waals surface area contributed by atoms with E-state index in [2.05, 4.69) is 0 Å². The van der Waals surface area contributed by atoms with Crippen molar-refractivity contribution in [3.05, 3.63) is 35.9 Å². The van der Waals surface area contributed by atoms with Crippen LogP contribution in [-0.2, 0) is 10.2 Å². The van der Waals surface area contributed by atoms with Gasteiger partial charge in [0.1, 0.15) is 11.5 Å². The van der Waals surface area contributed by atoms with Gasteiger partial charge in [-0.15, -0.1) is 0 Å². The number of carboxylic acid groups (broad SMARTS) is 1. The highest BCUT2D eigenvalue weighted by molar-refractivity contribution is 5.97. The van der Waals surface area contributed by atoms with Crippen LogP contribution in [-0.4, -0.2) is 25.3 Å². The molecule has 1 aliphatic carbocycles. The second-order valence-corrected chi connectivity index (χ2v) is 5.12. The van der Waals surface area contributed by atoms with Crippen molar-refractivity contribution >= 4 is 16.7 Å². The lowest BCUT2D eigenvalue weighted by Crippen LogP contribution is -2.20. The second kappa shape index (κ2) is 4.40. The fourth-order valence-corrected chi connectivity index (χ4v) is 2.77. The molecule has 4 nitrogen and oxygen atoms in total. The molecule has 0 heterocycles. The van der Waals surface area contributed by atoms with Crippen molar-refractivity contribution in [2.24, 2.45) is 0 Å². The van der Waals surface area contributed by atoms with E-state index in [1.807, 2.05) is 30.3 Å². The maximum absolute atomic E-state index is 11.7. The van der Waals surface area contributed by atoms with Crippen molar-refractivity contribution in [3.63, 3.8) is 0 Å². The highest BCUT2D eigenvalue weighted by Gasteiger charge is 2.54. The van der Waals surface area contributed by atoms with Crippen molar-refractivity contribution in [3.8, 4) is 11.5 Å². The third-order valence-corrected chi connectivity index (χ3v) is 4.05. The summed E-state index contributed by atoms with van der Waals surface area (Å²) in [5.41, 5.74) is -0.0408. The van der Waals surface area contributed by atoms with E-state index >= 15 is 0 Å². The zero-order valence-corrected chi connectivity index (χ0v) is 11.5. The van der Waals surface area contributed by atoms with Crippen LogP contribution >= 0.6 is 0 Å². The minimum absolute atomic E-state index is 0.630. The van der Waals surface area contributed by atoms with E-state index < -0.39 is 11.4 Å². The third kappa shape index (κ3) is 1.72. The average Bonchev–Trinajstić information content (AvgIpc) is 3.26. The molecule has 0 saturated heterocycles. The maximum atomic E-state index is 11.7. The quantitative estimate of drug-likeness (QED) is 0.929. The van der Waals surface area contributed by atoms with Crippen LogP contribution in [0.1, 0.15) is 18.4 Å². The van der Waals surface area contributed by atoms with Gasteiger partial charge in [0.2, 0.25) is 0 Å². The molecule has 0 aromatic heterocycles. The first-order chi connectivity index (χ1) is 9.62. The van der Waals surface area contributed by atoms with Gasteiger partial charge in [0.05, 0.1) is 19.6 Å². The Balaban J connectivity index is 2.34. The van der Waals surface area contributed by atoms with Crippen LogP contribution in [0.2, 0.25) is 0 Å². The first-order valence-corrected chi connectivity index (χ1v) is 6.51. The molecule has 4 heteroatoms. The van der Waals surface area contributed by atoms with Crippen molar-refractivity contribution in [1.82, 2.24) is 0 Å². The Morgan fingerprint density at radius 3 is 2.40 bits per heavy atom. The van der Waals surface area contributed by atoms with Gasteiger partial charge in [-0.3, -0.25) is 4.79 Å². The molecular formula is C16H16O4. The smallest absolute Gasteiger partial charge is 0.314 e. The number of rotatable bonds is 4. The van der Waals surface area contributed by atoms with Crippen LogP contribution in [0, 0.1) is 0 Å². The predicted molar refractivity (Wildman–Crippen MR) is 75.6 cm³/mol. The molecular weight excluding hydrogens is 256 g/mol.